The third-order valence-corrected chi connectivity index (χ3v) is 3.36. The summed E-state index contributed by atoms with van der Waals surface area (Å²) in [6.07, 6.45) is 3.50. The van der Waals surface area contributed by atoms with Crippen molar-refractivity contribution >= 4 is 0 Å². The zero-order valence-corrected chi connectivity index (χ0v) is 10.8. The van der Waals surface area contributed by atoms with Gasteiger partial charge in [0, 0.05) is 7.11 Å². The molecule has 0 radical (unpaired) electrons. The maximum atomic E-state index is 5.28. The van der Waals surface area contributed by atoms with Crippen LogP contribution < -0.4 is 5.32 Å². The molecule has 6 nitrogen and oxygen atoms in total. The highest BCUT2D eigenvalue weighted by Crippen LogP contribution is 2.34. The van der Waals surface area contributed by atoms with E-state index in [4.69, 9.17) is 4.74 Å². The Bertz CT molecular complexity index is 328. The number of methoxy groups -OCH3 is 1. The highest BCUT2D eigenvalue weighted by molar-refractivity contribution is 4.96. The Hall–Kier alpha value is -1.01. The van der Waals surface area contributed by atoms with Crippen LogP contribution in [-0.4, -0.2) is 40.0 Å². The Labute approximate surface area is 102 Å². The zero-order valence-electron chi connectivity index (χ0n) is 10.8. The van der Waals surface area contributed by atoms with E-state index < -0.39 is 0 Å². The molecule has 1 atom stereocenters. The summed E-state index contributed by atoms with van der Waals surface area (Å²) in [4.78, 5) is 0. The molecular formula is C11H21N5O. The fourth-order valence-corrected chi connectivity index (χ4v) is 2.13. The molecule has 1 N–H and O–H groups in total. The molecule has 0 amide bonds. The van der Waals surface area contributed by atoms with Gasteiger partial charge in [-0.05, 0) is 43.2 Å². The predicted molar refractivity (Wildman–Crippen MR) is 63.6 cm³/mol. The van der Waals surface area contributed by atoms with Gasteiger partial charge >= 0.3 is 0 Å². The SMILES string of the molecule is CCCNC(C)c1nnnn1C1CC(OC)C1. The molecule has 96 valence electrons. The lowest BCUT2D eigenvalue weighted by Crippen LogP contribution is -2.35. The van der Waals surface area contributed by atoms with E-state index in [1.54, 1.807) is 7.11 Å². The minimum absolute atomic E-state index is 0.201. The molecule has 1 heterocycles. The van der Waals surface area contributed by atoms with Gasteiger partial charge in [-0.2, -0.15) is 0 Å². The average molecular weight is 239 g/mol. The first-order chi connectivity index (χ1) is 8.26. The zero-order chi connectivity index (χ0) is 12.3. The predicted octanol–water partition coefficient (Wildman–Crippen LogP) is 1.08. The number of hydrogen-bond donors (Lipinski definition) is 1. The lowest BCUT2D eigenvalue weighted by Gasteiger charge is -2.34. The molecule has 1 aromatic heterocycles. The minimum Gasteiger partial charge on any atom is -0.381 e. The van der Waals surface area contributed by atoms with E-state index in [-0.39, 0.29) is 6.04 Å². The molecular weight excluding hydrogens is 218 g/mol. The Kier molecular flexibility index (Phi) is 4.06. The quantitative estimate of drug-likeness (QED) is 0.805. The van der Waals surface area contributed by atoms with Crippen molar-refractivity contribution in [3.05, 3.63) is 5.82 Å². The fourth-order valence-electron chi connectivity index (χ4n) is 2.13. The highest BCUT2D eigenvalue weighted by atomic mass is 16.5. The van der Waals surface area contributed by atoms with Crippen molar-refractivity contribution in [2.75, 3.05) is 13.7 Å². The molecule has 0 bridgehead atoms. The van der Waals surface area contributed by atoms with E-state index >= 15 is 0 Å². The van der Waals surface area contributed by atoms with Crippen LogP contribution in [0.25, 0.3) is 0 Å². The number of nitrogens with zero attached hydrogens (tertiary/aromatic N) is 4. The van der Waals surface area contributed by atoms with Crippen LogP contribution in [0.4, 0.5) is 0 Å². The van der Waals surface area contributed by atoms with Gasteiger partial charge in [0.2, 0.25) is 0 Å². The van der Waals surface area contributed by atoms with Gasteiger partial charge in [0.15, 0.2) is 5.82 Å². The lowest BCUT2D eigenvalue weighted by atomic mass is 9.89. The maximum Gasteiger partial charge on any atom is 0.168 e. The van der Waals surface area contributed by atoms with Crippen molar-refractivity contribution in [2.24, 2.45) is 0 Å². The minimum atomic E-state index is 0.201. The van der Waals surface area contributed by atoms with E-state index in [0.717, 1.165) is 31.6 Å². The summed E-state index contributed by atoms with van der Waals surface area (Å²) in [5, 5.41) is 15.4. The van der Waals surface area contributed by atoms with E-state index in [0.29, 0.717) is 12.1 Å². The maximum absolute atomic E-state index is 5.28. The number of aromatic nitrogens is 4. The number of nitrogens with one attached hydrogen (secondary N) is 1. The van der Waals surface area contributed by atoms with Crippen LogP contribution >= 0.6 is 0 Å². The summed E-state index contributed by atoms with van der Waals surface area (Å²) in [5.41, 5.74) is 0. The molecule has 17 heavy (non-hydrogen) atoms. The smallest absolute Gasteiger partial charge is 0.168 e. The molecule has 2 rings (SSSR count). The second kappa shape index (κ2) is 5.55. The molecule has 1 aliphatic carbocycles. The van der Waals surface area contributed by atoms with Gasteiger partial charge in [-0.1, -0.05) is 6.92 Å². The molecule has 1 unspecified atom stereocenters. The standard InChI is InChI=1S/C11H21N5O/c1-4-5-12-8(2)11-13-14-15-16(11)9-6-10(7-9)17-3/h8-10,12H,4-7H2,1-3H3. The summed E-state index contributed by atoms with van der Waals surface area (Å²) in [5.74, 6) is 0.929. The molecule has 0 aliphatic heterocycles. The van der Waals surface area contributed by atoms with Crippen molar-refractivity contribution in [1.29, 1.82) is 0 Å². The van der Waals surface area contributed by atoms with Gasteiger partial charge in [0.1, 0.15) is 0 Å². The molecule has 0 spiro atoms. The first-order valence-electron chi connectivity index (χ1n) is 6.30. The topological polar surface area (TPSA) is 64.9 Å². The molecule has 0 saturated heterocycles. The average Bonchev–Trinajstić information content (AvgIpc) is 2.73. The van der Waals surface area contributed by atoms with E-state index in [1.165, 1.54) is 0 Å². The van der Waals surface area contributed by atoms with Gasteiger partial charge in [-0.3, -0.25) is 0 Å². The molecule has 1 aliphatic rings. The summed E-state index contributed by atoms with van der Waals surface area (Å²) >= 11 is 0. The molecule has 1 saturated carbocycles. The van der Waals surface area contributed by atoms with Gasteiger partial charge < -0.3 is 10.1 Å². The third kappa shape index (κ3) is 2.63. The largest absolute Gasteiger partial charge is 0.381 e. The third-order valence-electron chi connectivity index (χ3n) is 3.36. The van der Waals surface area contributed by atoms with Gasteiger partial charge in [0.25, 0.3) is 0 Å². The van der Waals surface area contributed by atoms with Crippen LogP contribution in [-0.2, 0) is 4.74 Å². The van der Waals surface area contributed by atoms with Crippen LogP contribution in [0.2, 0.25) is 0 Å². The molecule has 6 heteroatoms. The van der Waals surface area contributed by atoms with Crippen molar-refractivity contribution in [3.8, 4) is 0 Å². The van der Waals surface area contributed by atoms with E-state index in [2.05, 4.69) is 34.7 Å². The number of rotatable bonds is 6. The van der Waals surface area contributed by atoms with Crippen LogP contribution in [0.3, 0.4) is 0 Å². The normalized spacial score (nSPS) is 25.6. The Morgan fingerprint density at radius 3 is 2.94 bits per heavy atom. The summed E-state index contributed by atoms with van der Waals surface area (Å²) < 4.78 is 7.23. The second-order valence-corrected chi connectivity index (χ2v) is 4.64. The van der Waals surface area contributed by atoms with Crippen LogP contribution in [0, 0.1) is 0 Å². The van der Waals surface area contributed by atoms with Gasteiger partial charge in [0.05, 0.1) is 18.2 Å². The summed E-state index contributed by atoms with van der Waals surface area (Å²) in [6.45, 7) is 5.24. The van der Waals surface area contributed by atoms with Crippen molar-refractivity contribution in [1.82, 2.24) is 25.5 Å². The van der Waals surface area contributed by atoms with Gasteiger partial charge in [-0.15, -0.1) is 5.10 Å². The monoisotopic (exact) mass is 239 g/mol. The number of tetrazole rings is 1. The van der Waals surface area contributed by atoms with Crippen molar-refractivity contribution in [2.45, 2.75) is 51.3 Å². The second-order valence-electron chi connectivity index (χ2n) is 4.64. The van der Waals surface area contributed by atoms with Crippen LogP contribution in [0.1, 0.15) is 51.0 Å². The van der Waals surface area contributed by atoms with Gasteiger partial charge in [-0.25, -0.2) is 4.68 Å². The molecule has 1 aromatic rings. The Balaban J connectivity index is 1.97. The van der Waals surface area contributed by atoms with Crippen molar-refractivity contribution in [3.63, 3.8) is 0 Å². The Morgan fingerprint density at radius 2 is 2.29 bits per heavy atom. The number of hydrogen-bond acceptors (Lipinski definition) is 5. The van der Waals surface area contributed by atoms with Crippen molar-refractivity contribution < 1.29 is 4.74 Å². The van der Waals surface area contributed by atoms with E-state index in [1.807, 2.05) is 4.68 Å². The van der Waals surface area contributed by atoms with Crippen LogP contribution in [0.15, 0.2) is 0 Å². The van der Waals surface area contributed by atoms with Crippen LogP contribution in [0.5, 0.6) is 0 Å². The Morgan fingerprint density at radius 1 is 1.53 bits per heavy atom. The molecule has 0 aromatic carbocycles. The molecule has 1 fully saturated rings. The first kappa shape index (κ1) is 12.4. The summed E-state index contributed by atoms with van der Waals surface area (Å²) in [7, 11) is 1.76. The fraction of sp³-hybridized carbons (Fsp3) is 0.909. The lowest BCUT2D eigenvalue weighted by molar-refractivity contribution is 0.000625. The first-order valence-corrected chi connectivity index (χ1v) is 6.30. The summed E-state index contributed by atoms with van der Waals surface area (Å²) in [6, 6.07) is 0.599. The van der Waals surface area contributed by atoms with E-state index in [9.17, 15) is 0 Å². The number of ether oxygens (including phenoxy) is 1. The highest BCUT2D eigenvalue weighted by Gasteiger charge is 2.33.